The van der Waals surface area contributed by atoms with E-state index in [-0.39, 0.29) is 18.0 Å². The van der Waals surface area contributed by atoms with E-state index in [9.17, 15) is 19.8 Å². The first kappa shape index (κ1) is 27.1. The zero-order valence-electron chi connectivity index (χ0n) is 22.4. The van der Waals surface area contributed by atoms with Crippen LogP contribution >= 0.6 is 0 Å². The van der Waals surface area contributed by atoms with Gasteiger partial charge in [0, 0.05) is 38.1 Å². The maximum atomic E-state index is 12.5. The summed E-state index contributed by atoms with van der Waals surface area (Å²) in [5, 5.41) is 24.0. The number of anilines is 1. The van der Waals surface area contributed by atoms with Gasteiger partial charge in [-0.1, -0.05) is 0 Å². The van der Waals surface area contributed by atoms with E-state index in [1.807, 2.05) is 0 Å². The molecule has 2 aromatic heterocycles. The van der Waals surface area contributed by atoms with E-state index < -0.39 is 30.4 Å². The Balaban J connectivity index is 1.05. The third-order valence-corrected chi connectivity index (χ3v) is 8.30. The Labute approximate surface area is 231 Å². The van der Waals surface area contributed by atoms with Crippen LogP contribution < -0.4 is 11.1 Å². The average molecular weight is 560 g/mol. The summed E-state index contributed by atoms with van der Waals surface area (Å²) in [6.45, 7) is 3.09. The Kier molecular flexibility index (Phi) is 7.75. The molecule has 2 amide bonds. The molecule has 40 heavy (non-hydrogen) atoms. The number of ether oxygens (including phenoxy) is 3. The van der Waals surface area contributed by atoms with Crippen molar-refractivity contribution >= 4 is 29.0 Å². The second kappa shape index (κ2) is 11.4. The number of hydrogen-bond donors (Lipinski definition) is 4. The van der Waals surface area contributed by atoms with Crippen LogP contribution in [0.25, 0.3) is 11.2 Å². The summed E-state index contributed by atoms with van der Waals surface area (Å²) in [5.41, 5.74) is 6.92. The number of nitrogens with zero attached hydrogens (tertiary/aromatic N) is 5. The molecule has 4 fully saturated rings. The van der Waals surface area contributed by atoms with Gasteiger partial charge in [0.25, 0.3) is 5.91 Å². The number of aliphatic hydroxyl groups excluding tert-OH is 2. The summed E-state index contributed by atoms with van der Waals surface area (Å²) < 4.78 is 18.1. The Morgan fingerprint density at radius 3 is 2.62 bits per heavy atom. The van der Waals surface area contributed by atoms with Crippen LogP contribution in [0, 0.1) is 11.8 Å². The van der Waals surface area contributed by atoms with Crippen molar-refractivity contribution in [2.75, 3.05) is 38.6 Å². The molecule has 1 saturated carbocycles. The molecular formula is C26H37N7O7. The zero-order chi connectivity index (χ0) is 27.8. The van der Waals surface area contributed by atoms with E-state index in [1.54, 1.807) is 4.90 Å². The first-order chi connectivity index (χ1) is 19.4. The topological polar surface area (TPSA) is 187 Å². The molecule has 6 rings (SSSR count). The summed E-state index contributed by atoms with van der Waals surface area (Å²) >= 11 is 0. The largest absolute Gasteiger partial charge is 0.449 e. The number of aromatic nitrogens is 4. The molecule has 0 radical (unpaired) electrons. The molecule has 5 N–H and O–H groups in total. The highest BCUT2D eigenvalue weighted by molar-refractivity contribution is 5.83. The number of rotatable bonds is 8. The number of carbonyl (C=O) groups excluding carboxylic acids is 2. The molecule has 3 aliphatic heterocycles. The molecule has 3 saturated heterocycles. The fourth-order valence-corrected chi connectivity index (χ4v) is 5.63. The molecule has 14 heteroatoms. The Bertz CT molecular complexity index is 1220. The number of piperidine rings is 1. The van der Waals surface area contributed by atoms with Gasteiger partial charge in [-0.2, -0.15) is 0 Å². The third kappa shape index (κ3) is 5.71. The standard InChI is InChI=1S/C26H37N7O7/c27-22-18-23(33(13-28-18)25-20(35)19(34)21(40-25)24(36)29-16-2-3-16)31-17(30-22)4-1-14-5-8-32(9-6-14)26(37)39-12-15-7-10-38-11-15/h13-16,19-21,25,34-35H,1-12H2,(H,29,36)(H2,27,30,31)/t15?,19?,20?,21-,25+/m0/s1. The molecular weight excluding hydrogens is 522 g/mol. The smallest absolute Gasteiger partial charge is 0.409 e. The molecule has 5 atom stereocenters. The van der Waals surface area contributed by atoms with Gasteiger partial charge in [0.05, 0.1) is 19.5 Å². The van der Waals surface area contributed by atoms with Crippen LogP contribution in [-0.4, -0.2) is 104 Å². The van der Waals surface area contributed by atoms with E-state index in [0.717, 1.165) is 45.1 Å². The molecule has 0 spiro atoms. The summed E-state index contributed by atoms with van der Waals surface area (Å²) in [6.07, 6.45) is 2.03. The van der Waals surface area contributed by atoms with Gasteiger partial charge in [-0.3, -0.25) is 9.36 Å². The number of fused-ring (bicyclic) bond motifs is 1. The number of aryl methyl sites for hydroxylation is 1. The highest BCUT2D eigenvalue weighted by Gasteiger charge is 2.48. The normalized spacial score (nSPS) is 29.2. The van der Waals surface area contributed by atoms with E-state index >= 15 is 0 Å². The van der Waals surface area contributed by atoms with Gasteiger partial charge in [0.2, 0.25) is 0 Å². The van der Waals surface area contributed by atoms with Crippen molar-refractivity contribution in [2.45, 2.75) is 75.5 Å². The molecule has 3 unspecified atom stereocenters. The monoisotopic (exact) mass is 559 g/mol. The average Bonchev–Trinajstić information content (AvgIpc) is 3.31. The number of hydrogen-bond acceptors (Lipinski definition) is 11. The summed E-state index contributed by atoms with van der Waals surface area (Å²) in [4.78, 5) is 40.1. The van der Waals surface area contributed by atoms with Crippen molar-refractivity contribution in [3.63, 3.8) is 0 Å². The van der Waals surface area contributed by atoms with Crippen LogP contribution in [0.5, 0.6) is 0 Å². The second-order valence-electron chi connectivity index (χ2n) is 11.3. The minimum atomic E-state index is -1.39. The van der Waals surface area contributed by atoms with Crippen LogP contribution in [0.15, 0.2) is 6.33 Å². The van der Waals surface area contributed by atoms with Gasteiger partial charge in [-0.25, -0.2) is 19.7 Å². The molecule has 218 valence electrons. The van der Waals surface area contributed by atoms with E-state index in [1.165, 1.54) is 10.9 Å². The summed E-state index contributed by atoms with van der Waals surface area (Å²) in [5.74, 6) is 0.991. The highest BCUT2D eigenvalue weighted by Crippen LogP contribution is 2.33. The highest BCUT2D eigenvalue weighted by atomic mass is 16.6. The lowest BCUT2D eigenvalue weighted by Crippen LogP contribution is -2.43. The van der Waals surface area contributed by atoms with Gasteiger partial charge < -0.3 is 40.4 Å². The number of imidazole rings is 1. The number of carbonyl (C=O) groups is 2. The fraction of sp³-hybridized carbons (Fsp3) is 0.731. The zero-order valence-corrected chi connectivity index (χ0v) is 22.4. The van der Waals surface area contributed by atoms with E-state index in [2.05, 4.69) is 20.3 Å². The quantitative estimate of drug-likeness (QED) is 0.344. The summed E-state index contributed by atoms with van der Waals surface area (Å²) in [7, 11) is 0. The van der Waals surface area contributed by atoms with Crippen LogP contribution in [0.3, 0.4) is 0 Å². The molecule has 0 aromatic carbocycles. The van der Waals surface area contributed by atoms with Gasteiger partial charge >= 0.3 is 6.09 Å². The third-order valence-electron chi connectivity index (χ3n) is 8.30. The number of amides is 2. The fourth-order valence-electron chi connectivity index (χ4n) is 5.63. The number of nitrogens with two attached hydrogens (primary N) is 1. The number of nitrogens with one attached hydrogen (secondary N) is 1. The van der Waals surface area contributed by atoms with Crippen molar-refractivity contribution < 1.29 is 34.0 Å². The first-order valence-corrected chi connectivity index (χ1v) is 14.2. The predicted octanol–water partition coefficient (Wildman–Crippen LogP) is 0.124. The minimum Gasteiger partial charge on any atom is -0.449 e. The van der Waals surface area contributed by atoms with Gasteiger partial charge in [0.1, 0.15) is 23.5 Å². The maximum absolute atomic E-state index is 12.5. The molecule has 14 nitrogen and oxygen atoms in total. The second-order valence-corrected chi connectivity index (χ2v) is 11.3. The van der Waals surface area contributed by atoms with Crippen molar-refractivity contribution in [3.05, 3.63) is 12.2 Å². The SMILES string of the molecule is Nc1nc(CCC2CCN(C(=O)OCC3CCOC3)CC2)nc2c1ncn2[C@@H]1O[C@H](C(=O)NC2CC2)C(O)C1O. The van der Waals surface area contributed by atoms with Crippen LogP contribution in [0.4, 0.5) is 10.6 Å². The van der Waals surface area contributed by atoms with Gasteiger partial charge in [-0.05, 0) is 44.4 Å². The van der Waals surface area contributed by atoms with Crippen LogP contribution in [0.1, 0.15) is 50.6 Å². The molecule has 2 aromatic rings. The Hall–Kier alpha value is -3.07. The van der Waals surface area contributed by atoms with E-state index in [0.29, 0.717) is 61.5 Å². The van der Waals surface area contributed by atoms with Gasteiger partial charge in [-0.15, -0.1) is 0 Å². The first-order valence-electron chi connectivity index (χ1n) is 14.2. The molecule has 4 aliphatic rings. The molecule has 1 aliphatic carbocycles. The van der Waals surface area contributed by atoms with E-state index in [4.69, 9.17) is 19.9 Å². The van der Waals surface area contributed by atoms with Gasteiger partial charge in [0.15, 0.2) is 23.8 Å². The van der Waals surface area contributed by atoms with Crippen LogP contribution in [-0.2, 0) is 25.4 Å². The van der Waals surface area contributed by atoms with Crippen molar-refractivity contribution in [3.8, 4) is 0 Å². The lowest BCUT2D eigenvalue weighted by molar-refractivity contribution is -0.137. The predicted molar refractivity (Wildman–Crippen MR) is 140 cm³/mol. The lowest BCUT2D eigenvalue weighted by Gasteiger charge is -2.31. The Morgan fingerprint density at radius 2 is 1.90 bits per heavy atom. The molecule has 5 heterocycles. The maximum Gasteiger partial charge on any atom is 0.409 e. The minimum absolute atomic E-state index is 0.0989. The van der Waals surface area contributed by atoms with Crippen molar-refractivity contribution in [1.29, 1.82) is 0 Å². The van der Waals surface area contributed by atoms with Crippen molar-refractivity contribution in [2.24, 2.45) is 11.8 Å². The lowest BCUT2D eigenvalue weighted by atomic mass is 9.92. The molecule has 0 bridgehead atoms. The number of aliphatic hydroxyl groups is 2. The number of nitrogen functional groups attached to an aromatic ring is 1. The number of likely N-dealkylation sites (tertiary alicyclic amines) is 1. The van der Waals surface area contributed by atoms with Crippen LogP contribution in [0.2, 0.25) is 0 Å². The van der Waals surface area contributed by atoms with Crippen molar-refractivity contribution in [1.82, 2.24) is 29.7 Å². The summed E-state index contributed by atoms with van der Waals surface area (Å²) in [6, 6.07) is 0.0989. The Morgan fingerprint density at radius 1 is 1.10 bits per heavy atom.